The Bertz CT molecular complexity index is 425. The molecule has 1 aliphatic heterocycles. The molecular weight excluding hydrogens is 263 g/mol. The topological polar surface area (TPSA) is 15.3 Å². The summed E-state index contributed by atoms with van der Waals surface area (Å²) in [6.07, 6.45) is 1.14. The average Bonchev–Trinajstić information content (AvgIpc) is 2.42. The van der Waals surface area contributed by atoms with E-state index in [0.717, 1.165) is 26.1 Å². The van der Waals surface area contributed by atoms with Gasteiger partial charge in [-0.15, -0.1) is 0 Å². The summed E-state index contributed by atoms with van der Waals surface area (Å²) < 4.78 is 13.8. The molecule has 19 heavy (non-hydrogen) atoms. The molecule has 2 nitrogen and oxygen atoms in total. The largest absolute Gasteiger partial charge is 0.314 e. The predicted octanol–water partition coefficient (Wildman–Crippen LogP) is 3.30. The van der Waals surface area contributed by atoms with Gasteiger partial charge in [-0.2, -0.15) is 0 Å². The molecule has 0 amide bonds. The van der Waals surface area contributed by atoms with Gasteiger partial charge in [0, 0.05) is 42.8 Å². The van der Waals surface area contributed by atoms with Crippen LogP contribution in [-0.4, -0.2) is 30.6 Å². The van der Waals surface area contributed by atoms with Gasteiger partial charge in [0.1, 0.15) is 5.82 Å². The summed E-state index contributed by atoms with van der Waals surface area (Å²) in [5.74, 6) is 0.445. The van der Waals surface area contributed by atoms with Crippen LogP contribution in [0.2, 0.25) is 5.02 Å². The summed E-state index contributed by atoms with van der Waals surface area (Å²) in [4.78, 5) is 2.37. The number of piperazine rings is 1. The molecule has 1 aromatic carbocycles. The molecule has 0 aromatic heterocycles. The monoisotopic (exact) mass is 284 g/mol. The molecule has 1 aromatic rings. The highest BCUT2D eigenvalue weighted by Crippen LogP contribution is 2.22. The van der Waals surface area contributed by atoms with Crippen molar-refractivity contribution in [3.8, 4) is 0 Å². The summed E-state index contributed by atoms with van der Waals surface area (Å²) in [5, 5.41) is 4.03. The summed E-state index contributed by atoms with van der Waals surface area (Å²) >= 11 is 5.96. The van der Waals surface area contributed by atoms with Crippen molar-refractivity contribution in [1.82, 2.24) is 10.2 Å². The molecule has 106 valence electrons. The Kier molecular flexibility index (Phi) is 5.20. The lowest BCUT2D eigenvalue weighted by Gasteiger charge is -2.39. The van der Waals surface area contributed by atoms with Crippen LogP contribution in [0.5, 0.6) is 0 Å². The van der Waals surface area contributed by atoms with E-state index in [4.69, 9.17) is 11.6 Å². The number of nitrogens with zero attached hydrogens (tertiary/aromatic N) is 1. The van der Waals surface area contributed by atoms with Gasteiger partial charge in [-0.3, -0.25) is 4.90 Å². The van der Waals surface area contributed by atoms with Gasteiger partial charge in [0.25, 0.3) is 0 Å². The zero-order valence-electron chi connectivity index (χ0n) is 11.6. The Balaban J connectivity index is 2.12. The van der Waals surface area contributed by atoms with Crippen molar-refractivity contribution in [1.29, 1.82) is 0 Å². The van der Waals surface area contributed by atoms with Gasteiger partial charge in [-0.1, -0.05) is 31.9 Å². The lowest BCUT2D eigenvalue weighted by molar-refractivity contribution is 0.108. The molecule has 0 aliphatic carbocycles. The first-order valence-electron chi connectivity index (χ1n) is 7.00. The summed E-state index contributed by atoms with van der Waals surface area (Å²) in [5.41, 5.74) is 0.697. The van der Waals surface area contributed by atoms with Crippen molar-refractivity contribution >= 4 is 11.6 Å². The minimum atomic E-state index is -0.161. The second-order valence-electron chi connectivity index (χ2n) is 5.36. The van der Waals surface area contributed by atoms with Crippen molar-refractivity contribution < 1.29 is 4.39 Å². The van der Waals surface area contributed by atoms with Crippen LogP contribution in [0.1, 0.15) is 25.8 Å². The maximum atomic E-state index is 13.8. The highest BCUT2D eigenvalue weighted by Gasteiger charge is 2.26. The molecule has 0 spiro atoms. The van der Waals surface area contributed by atoms with Crippen LogP contribution < -0.4 is 5.32 Å². The van der Waals surface area contributed by atoms with Gasteiger partial charge >= 0.3 is 0 Å². The maximum Gasteiger partial charge on any atom is 0.127 e. The Labute approximate surface area is 119 Å². The van der Waals surface area contributed by atoms with E-state index in [2.05, 4.69) is 24.1 Å². The van der Waals surface area contributed by atoms with Crippen molar-refractivity contribution in [2.75, 3.05) is 19.6 Å². The number of hydrogen-bond donors (Lipinski definition) is 1. The molecule has 0 bridgehead atoms. The van der Waals surface area contributed by atoms with E-state index in [1.54, 1.807) is 12.1 Å². The minimum absolute atomic E-state index is 0.161. The zero-order valence-corrected chi connectivity index (χ0v) is 12.4. The Morgan fingerprint density at radius 1 is 1.53 bits per heavy atom. The van der Waals surface area contributed by atoms with Gasteiger partial charge in [-0.25, -0.2) is 4.39 Å². The summed E-state index contributed by atoms with van der Waals surface area (Å²) in [6, 6.07) is 5.27. The maximum absolute atomic E-state index is 13.8. The second kappa shape index (κ2) is 6.69. The highest BCUT2D eigenvalue weighted by molar-refractivity contribution is 6.30. The van der Waals surface area contributed by atoms with Crippen LogP contribution in [0.25, 0.3) is 0 Å². The fraction of sp³-hybridized carbons (Fsp3) is 0.600. The van der Waals surface area contributed by atoms with E-state index in [1.807, 2.05) is 0 Å². The molecule has 2 rings (SSSR count). The standard InChI is InChI=1S/C15H22ClFN2/c1-3-11(2)15-9-18-6-7-19(15)10-12-8-13(16)4-5-14(12)17/h4-5,8,11,15,18H,3,6-7,9-10H2,1-2H3. The average molecular weight is 285 g/mol. The van der Waals surface area contributed by atoms with E-state index < -0.39 is 0 Å². The lowest BCUT2D eigenvalue weighted by atomic mass is 9.95. The SMILES string of the molecule is CCC(C)C1CNCCN1Cc1cc(Cl)ccc1F. The molecule has 1 N–H and O–H groups in total. The fourth-order valence-electron chi connectivity index (χ4n) is 2.68. The number of benzene rings is 1. The zero-order chi connectivity index (χ0) is 13.8. The quantitative estimate of drug-likeness (QED) is 0.913. The van der Waals surface area contributed by atoms with Crippen LogP contribution in [0, 0.1) is 11.7 Å². The Morgan fingerprint density at radius 3 is 3.05 bits per heavy atom. The van der Waals surface area contributed by atoms with Gasteiger partial charge in [0.05, 0.1) is 0 Å². The van der Waals surface area contributed by atoms with E-state index >= 15 is 0 Å². The number of hydrogen-bond acceptors (Lipinski definition) is 2. The van der Waals surface area contributed by atoms with Crippen LogP contribution in [0.4, 0.5) is 4.39 Å². The summed E-state index contributed by atoms with van der Waals surface area (Å²) in [7, 11) is 0. The second-order valence-corrected chi connectivity index (χ2v) is 5.80. The first kappa shape index (κ1) is 14.8. The number of rotatable bonds is 4. The first-order chi connectivity index (χ1) is 9.11. The molecule has 1 saturated heterocycles. The predicted molar refractivity (Wildman–Crippen MR) is 77.9 cm³/mol. The third-order valence-corrected chi connectivity index (χ3v) is 4.32. The molecule has 1 fully saturated rings. The highest BCUT2D eigenvalue weighted by atomic mass is 35.5. The van der Waals surface area contributed by atoms with Crippen LogP contribution in [-0.2, 0) is 6.54 Å². The number of nitrogens with one attached hydrogen (secondary N) is 1. The van der Waals surface area contributed by atoms with Gasteiger partial charge in [0.15, 0.2) is 0 Å². The van der Waals surface area contributed by atoms with Gasteiger partial charge in [0.2, 0.25) is 0 Å². The van der Waals surface area contributed by atoms with E-state index in [9.17, 15) is 4.39 Å². The van der Waals surface area contributed by atoms with E-state index in [-0.39, 0.29) is 5.82 Å². The van der Waals surface area contributed by atoms with Crippen molar-refractivity contribution in [3.05, 3.63) is 34.6 Å². The molecule has 1 aliphatic rings. The van der Waals surface area contributed by atoms with Crippen molar-refractivity contribution in [2.45, 2.75) is 32.9 Å². The van der Waals surface area contributed by atoms with Gasteiger partial charge in [-0.05, 0) is 24.1 Å². The molecule has 2 atom stereocenters. The third-order valence-electron chi connectivity index (χ3n) is 4.08. The van der Waals surface area contributed by atoms with E-state index in [1.165, 1.54) is 6.07 Å². The third kappa shape index (κ3) is 3.68. The fourth-order valence-corrected chi connectivity index (χ4v) is 2.87. The molecule has 1 heterocycles. The molecule has 0 radical (unpaired) electrons. The lowest BCUT2D eigenvalue weighted by Crippen LogP contribution is -2.53. The summed E-state index contributed by atoms with van der Waals surface area (Å²) in [6.45, 7) is 8.02. The van der Waals surface area contributed by atoms with Crippen LogP contribution in [0.3, 0.4) is 0 Å². The van der Waals surface area contributed by atoms with E-state index in [0.29, 0.717) is 29.1 Å². The van der Waals surface area contributed by atoms with Crippen molar-refractivity contribution in [3.63, 3.8) is 0 Å². The first-order valence-corrected chi connectivity index (χ1v) is 7.38. The Hall–Kier alpha value is -0.640. The molecule has 0 saturated carbocycles. The smallest absolute Gasteiger partial charge is 0.127 e. The molecular formula is C15H22ClFN2. The number of halogens is 2. The normalized spacial score (nSPS) is 22.4. The van der Waals surface area contributed by atoms with Gasteiger partial charge < -0.3 is 5.32 Å². The minimum Gasteiger partial charge on any atom is -0.314 e. The Morgan fingerprint density at radius 2 is 2.32 bits per heavy atom. The molecule has 4 heteroatoms. The van der Waals surface area contributed by atoms with Crippen LogP contribution in [0.15, 0.2) is 18.2 Å². The van der Waals surface area contributed by atoms with Crippen LogP contribution >= 0.6 is 11.6 Å². The molecule has 2 unspecified atom stereocenters. The van der Waals surface area contributed by atoms with Crippen molar-refractivity contribution in [2.24, 2.45) is 5.92 Å².